The van der Waals surface area contributed by atoms with Gasteiger partial charge in [-0.05, 0) is 37.9 Å². The minimum Gasteiger partial charge on any atom is -0.374 e. The molecule has 0 bridgehead atoms. The van der Waals surface area contributed by atoms with Crippen molar-refractivity contribution in [1.29, 1.82) is 0 Å². The Hall–Kier alpha value is -1.13. The first-order chi connectivity index (χ1) is 10.3. The fourth-order valence-electron chi connectivity index (χ4n) is 3.63. The number of rotatable bonds is 4. The molecule has 0 spiro atoms. The molecule has 1 N–H and O–H groups in total. The van der Waals surface area contributed by atoms with Gasteiger partial charge in [-0.15, -0.1) is 0 Å². The molecular weight excluding hydrogens is 262 g/mol. The van der Waals surface area contributed by atoms with Gasteiger partial charge in [0.1, 0.15) is 5.82 Å². The highest BCUT2D eigenvalue weighted by Crippen LogP contribution is 2.31. The Bertz CT molecular complexity index is 446. The van der Waals surface area contributed by atoms with Crippen LogP contribution < -0.4 is 10.2 Å². The molecule has 1 saturated carbocycles. The minimum atomic E-state index is 0.365. The number of fused-ring (bicyclic) bond motifs is 1. The van der Waals surface area contributed by atoms with Crippen LogP contribution in [0.1, 0.15) is 51.1 Å². The van der Waals surface area contributed by atoms with Gasteiger partial charge in [-0.3, -0.25) is 0 Å². The summed E-state index contributed by atoms with van der Waals surface area (Å²) in [5, 5.41) is 3.43. The van der Waals surface area contributed by atoms with Crippen molar-refractivity contribution in [3.63, 3.8) is 0 Å². The third kappa shape index (κ3) is 3.22. The molecule has 116 valence electrons. The highest BCUT2D eigenvalue weighted by Gasteiger charge is 2.34. The molecule has 4 nitrogen and oxygen atoms in total. The topological polar surface area (TPSA) is 37.4 Å². The van der Waals surface area contributed by atoms with Gasteiger partial charge in [0.15, 0.2) is 0 Å². The third-order valence-corrected chi connectivity index (χ3v) is 4.81. The Morgan fingerprint density at radius 3 is 3.00 bits per heavy atom. The van der Waals surface area contributed by atoms with Crippen LogP contribution in [0.2, 0.25) is 0 Å². The van der Waals surface area contributed by atoms with Crippen LogP contribution in [0.5, 0.6) is 0 Å². The molecule has 3 rings (SSSR count). The lowest BCUT2D eigenvalue weighted by atomic mass is 9.90. The second-order valence-electron chi connectivity index (χ2n) is 6.18. The molecule has 0 aromatic carbocycles. The van der Waals surface area contributed by atoms with Crippen molar-refractivity contribution >= 4 is 5.82 Å². The number of hydrogen-bond acceptors (Lipinski definition) is 4. The first kappa shape index (κ1) is 14.8. The number of nitrogens with zero attached hydrogens (tertiary/aromatic N) is 2. The summed E-state index contributed by atoms with van der Waals surface area (Å²) in [5.41, 5.74) is 1.26. The van der Waals surface area contributed by atoms with E-state index >= 15 is 0 Å². The maximum Gasteiger partial charge on any atom is 0.128 e. The number of hydrogen-bond donors (Lipinski definition) is 1. The van der Waals surface area contributed by atoms with Gasteiger partial charge in [0.2, 0.25) is 0 Å². The Morgan fingerprint density at radius 2 is 2.24 bits per heavy atom. The van der Waals surface area contributed by atoms with E-state index in [4.69, 9.17) is 9.72 Å². The van der Waals surface area contributed by atoms with E-state index in [2.05, 4.69) is 36.2 Å². The van der Waals surface area contributed by atoms with Gasteiger partial charge >= 0.3 is 0 Å². The average molecular weight is 289 g/mol. The molecule has 1 saturated heterocycles. The number of anilines is 1. The lowest BCUT2D eigenvalue weighted by molar-refractivity contribution is -0.00898. The first-order valence-corrected chi connectivity index (χ1v) is 8.37. The molecule has 1 aliphatic carbocycles. The van der Waals surface area contributed by atoms with Crippen LogP contribution in [0.25, 0.3) is 0 Å². The smallest absolute Gasteiger partial charge is 0.128 e. The number of pyridine rings is 1. The summed E-state index contributed by atoms with van der Waals surface area (Å²) in [5.74, 6) is 1.11. The van der Waals surface area contributed by atoms with Crippen molar-refractivity contribution in [3.8, 4) is 0 Å². The maximum atomic E-state index is 5.95. The van der Waals surface area contributed by atoms with Crippen LogP contribution in [-0.2, 0) is 4.74 Å². The van der Waals surface area contributed by atoms with E-state index in [0.717, 1.165) is 25.5 Å². The summed E-state index contributed by atoms with van der Waals surface area (Å²) in [4.78, 5) is 7.19. The zero-order valence-electron chi connectivity index (χ0n) is 13.2. The van der Waals surface area contributed by atoms with Crippen LogP contribution in [0, 0.1) is 0 Å². The summed E-state index contributed by atoms with van der Waals surface area (Å²) in [6.07, 6.45) is 7.50. The molecule has 2 fully saturated rings. The number of aromatic nitrogens is 1. The van der Waals surface area contributed by atoms with Gasteiger partial charge in [-0.2, -0.15) is 0 Å². The van der Waals surface area contributed by atoms with Crippen LogP contribution in [0.3, 0.4) is 0 Å². The zero-order chi connectivity index (χ0) is 14.7. The number of ether oxygens (including phenoxy) is 1. The van der Waals surface area contributed by atoms with E-state index in [-0.39, 0.29) is 0 Å². The van der Waals surface area contributed by atoms with Gasteiger partial charge in [-0.25, -0.2) is 4.98 Å². The van der Waals surface area contributed by atoms with Gasteiger partial charge in [0, 0.05) is 18.8 Å². The predicted molar refractivity (Wildman–Crippen MR) is 85.7 cm³/mol. The van der Waals surface area contributed by atoms with E-state index in [1.807, 2.05) is 6.20 Å². The van der Waals surface area contributed by atoms with Gasteiger partial charge < -0.3 is 15.0 Å². The van der Waals surface area contributed by atoms with E-state index < -0.39 is 0 Å². The Morgan fingerprint density at radius 1 is 1.38 bits per heavy atom. The quantitative estimate of drug-likeness (QED) is 0.925. The first-order valence-electron chi connectivity index (χ1n) is 8.37. The van der Waals surface area contributed by atoms with Crippen molar-refractivity contribution in [3.05, 3.63) is 23.9 Å². The molecule has 3 atom stereocenters. The van der Waals surface area contributed by atoms with Crippen LogP contribution in [0.4, 0.5) is 5.82 Å². The summed E-state index contributed by atoms with van der Waals surface area (Å²) in [7, 11) is 0. The van der Waals surface area contributed by atoms with Crippen molar-refractivity contribution in [1.82, 2.24) is 10.3 Å². The highest BCUT2D eigenvalue weighted by molar-refractivity contribution is 5.42. The van der Waals surface area contributed by atoms with Crippen LogP contribution in [-0.4, -0.2) is 36.8 Å². The number of nitrogens with one attached hydrogen (secondary N) is 1. The van der Waals surface area contributed by atoms with E-state index in [0.29, 0.717) is 18.2 Å². The Kier molecular flexibility index (Phi) is 4.76. The summed E-state index contributed by atoms with van der Waals surface area (Å²) in [6.45, 7) is 7.10. The van der Waals surface area contributed by atoms with Crippen LogP contribution in [0.15, 0.2) is 18.3 Å². The molecule has 21 heavy (non-hydrogen) atoms. The normalized spacial score (nSPS) is 27.2. The molecular formula is C17H27N3O. The van der Waals surface area contributed by atoms with E-state index in [1.165, 1.54) is 31.2 Å². The third-order valence-electron chi connectivity index (χ3n) is 4.81. The van der Waals surface area contributed by atoms with E-state index in [9.17, 15) is 0 Å². The maximum absolute atomic E-state index is 5.95. The zero-order valence-corrected chi connectivity index (χ0v) is 13.2. The second-order valence-corrected chi connectivity index (χ2v) is 6.18. The van der Waals surface area contributed by atoms with Crippen molar-refractivity contribution in [2.45, 2.75) is 57.7 Å². The standard InChI is InChI=1S/C17H27N3O/c1-3-18-13(2)14-8-9-17(19-12-14)20-10-11-21-16-7-5-4-6-15(16)20/h8-9,12-13,15-16,18H,3-7,10-11H2,1-2H3. The lowest BCUT2D eigenvalue weighted by Crippen LogP contribution is -2.53. The summed E-state index contributed by atoms with van der Waals surface area (Å²) < 4.78 is 5.95. The number of morpholine rings is 1. The summed E-state index contributed by atoms with van der Waals surface area (Å²) >= 11 is 0. The minimum absolute atomic E-state index is 0.365. The molecule has 3 unspecified atom stereocenters. The SMILES string of the molecule is CCNC(C)c1ccc(N2CCOC3CCCCC32)nc1. The summed E-state index contributed by atoms with van der Waals surface area (Å²) in [6, 6.07) is 5.28. The molecule has 1 aromatic heterocycles. The molecule has 4 heteroatoms. The molecule has 2 heterocycles. The largest absolute Gasteiger partial charge is 0.374 e. The van der Waals surface area contributed by atoms with Crippen molar-refractivity contribution in [2.75, 3.05) is 24.6 Å². The van der Waals surface area contributed by atoms with Gasteiger partial charge in [0.05, 0.1) is 18.8 Å². The molecule has 1 aromatic rings. The van der Waals surface area contributed by atoms with Gasteiger partial charge in [0.25, 0.3) is 0 Å². The van der Waals surface area contributed by atoms with Gasteiger partial charge in [-0.1, -0.05) is 25.8 Å². The molecule has 2 aliphatic rings. The average Bonchev–Trinajstić information content (AvgIpc) is 2.55. The lowest BCUT2D eigenvalue weighted by Gasteiger charge is -2.44. The van der Waals surface area contributed by atoms with E-state index in [1.54, 1.807) is 0 Å². The Labute approximate surface area is 127 Å². The molecule has 0 amide bonds. The fraction of sp³-hybridized carbons (Fsp3) is 0.706. The van der Waals surface area contributed by atoms with Crippen molar-refractivity contribution in [2.24, 2.45) is 0 Å². The second kappa shape index (κ2) is 6.75. The molecule has 1 aliphatic heterocycles. The Balaban J connectivity index is 1.73. The highest BCUT2D eigenvalue weighted by atomic mass is 16.5. The fourth-order valence-corrected chi connectivity index (χ4v) is 3.63. The van der Waals surface area contributed by atoms with Crippen molar-refractivity contribution < 1.29 is 4.74 Å². The monoisotopic (exact) mass is 289 g/mol. The molecule has 0 radical (unpaired) electrons. The van der Waals surface area contributed by atoms with Crippen LogP contribution >= 0.6 is 0 Å². The predicted octanol–water partition coefficient (Wildman–Crippen LogP) is 2.90.